The van der Waals surface area contributed by atoms with E-state index in [9.17, 15) is 22.4 Å². The Balaban J connectivity index is 3.85. The molecule has 0 amide bonds. The molecular weight excluding hydrogens is 236 g/mol. The van der Waals surface area contributed by atoms with Crippen LogP contribution in [0.5, 0.6) is 0 Å². The molecule has 0 aliphatic carbocycles. The third kappa shape index (κ3) is 5.66. The van der Waals surface area contributed by atoms with Gasteiger partial charge >= 0.3 is 18.5 Å². The lowest BCUT2D eigenvalue weighted by molar-refractivity contribution is -0.307. The number of aliphatic hydroxyl groups excluding tert-OH is 1. The molecule has 0 saturated carbocycles. The summed E-state index contributed by atoms with van der Waals surface area (Å²) >= 11 is 0. The van der Waals surface area contributed by atoms with Crippen molar-refractivity contribution in [3.05, 3.63) is 12.7 Å². The summed E-state index contributed by atoms with van der Waals surface area (Å²) in [6.07, 6.45) is -9.45. The molecule has 0 saturated heterocycles. The number of carbonyl (C=O) groups is 1. The quantitative estimate of drug-likeness (QED) is 0.413. The van der Waals surface area contributed by atoms with E-state index >= 15 is 0 Å². The fourth-order valence-corrected chi connectivity index (χ4v) is 0.556. The van der Waals surface area contributed by atoms with Gasteiger partial charge in [-0.15, -0.1) is 0 Å². The molecule has 0 aromatic rings. The number of aliphatic hydroxyl groups is 1. The van der Waals surface area contributed by atoms with Crippen molar-refractivity contribution < 1.29 is 36.9 Å². The smallest absolute Gasteiger partial charge is 0.416 e. The van der Waals surface area contributed by atoms with Crippen molar-refractivity contribution >= 4 is 5.97 Å². The first-order chi connectivity index (χ1) is 7.29. The largest absolute Gasteiger partial charge is 0.460 e. The Bertz CT molecular complexity index is 244. The number of hydrogen-bond donors (Lipinski definition) is 1. The van der Waals surface area contributed by atoms with Gasteiger partial charge in [0.25, 0.3) is 0 Å². The van der Waals surface area contributed by atoms with Crippen LogP contribution in [0.2, 0.25) is 0 Å². The molecule has 0 heterocycles. The summed E-state index contributed by atoms with van der Waals surface area (Å²) in [6.45, 7) is 1.31. The molecule has 1 atom stereocenters. The Morgan fingerprint density at radius 3 is 2.44 bits per heavy atom. The number of hydrogen-bond acceptors (Lipinski definition) is 4. The van der Waals surface area contributed by atoms with Crippen molar-refractivity contribution in [2.24, 2.45) is 0 Å². The van der Waals surface area contributed by atoms with Gasteiger partial charge in [-0.3, -0.25) is 0 Å². The topological polar surface area (TPSA) is 55.8 Å². The maximum absolute atomic E-state index is 12.2. The van der Waals surface area contributed by atoms with Gasteiger partial charge in [-0.2, -0.15) is 8.78 Å². The van der Waals surface area contributed by atoms with Crippen LogP contribution in [0.25, 0.3) is 0 Å². The Labute approximate surface area is 88.4 Å². The zero-order valence-corrected chi connectivity index (χ0v) is 8.04. The van der Waals surface area contributed by atoms with Gasteiger partial charge < -0.3 is 14.6 Å². The molecule has 0 spiro atoms. The summed E-state index contributed by atoms with van der Waals surface area (Å²) in [5, 5.41) is 8.92. The molecule has 16 heavy (non-hydrogen) atoms. The van der Waals surface area contributed by atoms with E-state index in [-0.39, 0.29) is 0 Å². The molecule has 0 radical (unpaired) electrons. The van der Waals surface area contributed by atoms with E-state index in [4.69, 9.17) is 5.11 Å². The van der Waals surface area contributed by atoms with E-state index < -0.39 is 37.8 Å². The molecule has 0 aliphatic rings. The Hall–Kier alpha value is -1.15. The lowest BCUT2D eigenvalue weighted by atomic mass is 10.4. The second-order valence-electron chi connectivity index (χ2n) is 2.66. The monoisotopic (exact) mass is 246 g/mol. The van der Waals surface area contributed by atoms with E-state index in [0.29, 0.717) is 0 Å². The summed E-state index contributed by atoms with van der Waals surface area (Å²) in [7, 11) is 0. The van der Waals surface area contributed by atoms with Gasteiger partial charge in [-0.1, -0.05) is 6.58 Å². The highest BCUT2D eigenvalue weighted by Crippen LogP contribution is 2.24. The van der Waals surface area contributed by atoms with Gasteiger partial charge in [-0.05, 0) is 0 Å². The third-order valence-electron chi connectivity index (χ3n) is 1.31. The molecule has 0 rings (SSSR count). The number of ether oxygens (including phenoxy) is 2. The molecule has 0 aliphatic heterocycles. The van der Waals surface area contributed by atoms with Crippen LogP contribution < -0.4 is 0 Å². The highest BCUT2D eigenvalue weighted by atomic mass is 19.3. The van der Waals surface area contributed by atoms with Gasteiger partial charge in [0.15, 0.2) is 0 Å². The van der Waals surface area contributed by atoms with E-state index in [1.54, 1.807) is 0 Å². The SMILES string of the molecule is C=CC(=O)OCC(O)COC(F)(F)C(F)F. The normalized spacial score (nSPS) is 13.6. The number of alkyl halides is 4. The zero-order valence-electron chi connectivity index (χ0n) is 8.04. The summed E-state index contributed by atoms with van der Waals surface area (Å²) in [5.74, 6) is -0.875. The zero-order chi connectivity index (χ0) is 12.8. The van der Waals surface area contributed by atoms with E-state index in [1.807, 2.05) is 0 Å². The minimum Gasteiger partial charge on any atom is -0.460 e. The fraction of sp³-hybridized carbons (Fsp3) is 0.625. The number of esters is 1. The predicted molar refractivity (Wildman–Crippen MR) is 44.1 cm³/mol. The van der Waals surface area contributed by atoms with Crippen LogP contribution in [0.3, 0.4) is 0 Å². The van der Waals surface area contributed by atoms with E-state index in [2.05, 4.69) is 16.1 Å². The highest BCUT2D eigenvalue weighted by Gasteiger charge is 2.42. The highest BCUT2D eigenvalue weighted by molar-refractivity contribution is 5.81. The van der Waals surface area contributed by atoms with Gasteiger partial charge in [-0.25, -0.2) is 13.6 Å². The van der Waals surface area contributed by atoms with Gasteiger partial charge in [0.05, 0.1) is 6.61 Å². The maximum Gasteiger partial charge on any atom is 0.416 e. The lowest BCUT2D eigenvalue weighted by Gasteiger charge is -2.17. The Morgan fingerprint density at radius 2 is 2.00 bits per heavy atom. The summed E-state index contributed by atoms with van der Waals surface area (Å²) in [5.41, 5.74) is 0. The fourth-order valence-electron chi connectivity index (χ4n) is 0.556. The molecule has 0 aromatic heterocycles. The molecule has 0 aromatic carbocycles. The van der Waals surface area contributed by atoms with Crippen molar-refractivity contribution in [1.29, 1.82) is 0 Å². The third-order valence-corrected chi connectivity index (χ3v) is 1.31. The molecule has 8 heteroatoms. The van der Waals surface area contributed by atoms with Crippen LogP contribution in [0, 0.1) is 0 Å². The van der Waals surface area contributed by atoms with Crippen LogP contribution in [0.4, 0.5) is 17.6 Å². The standard InChI is InChI=1S/C8H10F4O4/c1-2-6(14)15-3-5(13)4-16-8(11,12)7(9)10/h2,5,7,13H,1,3-4H2. The average Bonchev–Trinajstić information content (AvgIpc) is 2.22. The second-order valence-corrected chi connectivity index (χ2v) is 2.66. The van der Waals surface area contributed by atoms with Crippen LogP contribution >= 0.6 is 0 Å². The molecule has 94 valence electrons. The second kappa shape index (κ2) is 6.44. The summed E-state index contributed by atoms with van der Waals surface area (Å²) in [4.78, 5) is 10.5. The van der Waals surface area contributed by atoms with Crippen molar-refractivity contribution in [3.63, 3.8) is 0 Å². The van der Waals surface area contributed by atoms with E-state index in [0.717, 1.165) is 6.08 Å². The molecule has 0 fully saturated rings. The number of halogens is 4. The lowest BCUT2D eigenvalue weighted by Crippen LogP contribution is -2.35. The molecule has 1 unspecified atom stereocenters. The van der Waals surface area contributed by atoms with E-state index in [1.165, 1.54) is 0 Å². The van der Waals surface area contributed by atoms with Crippen molar-refractivity contribution in [2.45, 2.75) is 18.6 Å². The Morgan fingerprint density at radius 1 is 1.44 bits per heavy atom. The average molecular weight is 246 g/mol. The predicted octanol–water partition coefficient (Wildman–Crippen LogP) is 0.951. The number of carbonyl (C=O) groups excluding carboxylic acids is 1. The first kappa shape index (κ1) is 14.8. The van der Waals surface area contributed by atoms with Crippen LogP contribution in [0.1, 0.15) is 0 Å². The minimum absolute atomic E-state index is 0.649. The minimum atomic E-state index is -4.64. The maximum atomic E-state index is 12.2. The van der Waals surface area contributed by atoms with Crippen LogP contribution in [0.15, 0.2) is 12.7 Å². The number of rotatable bonds is 7. The van der Waals surface area contributed by atoms with Gasteiger partial charge in [0, 0.05) is 6.08 Å². The van der Waals surface area contributed by atoms with Gasteiger partial charge in [0.2, 0.25) is 0 Å². The Kier molecular flexibility index (Phi) is 5.97. The first-order valence-corrected chi connectivity index (χ1v) is 4.06. The van der Waals surface area contributed by atoms with Crippen molar-refractivity contribution in [2.75, 3.05) is 13.2 Å². The van der Waals surface area contributed by atoms with Crippen LogP contribution in [-0.2, 0) is 14.3 Å². The molecule has 0 bridgehead atoms. The summed E-state index contributed by atoms with van der Waals surface area (Å²) in [6, 6.07) is 0. The summed E-state index contributed by atoms with van der Waals surface area (Å²) < 4.78 is 55.2. The van der Waals surface area contributed by atoms with Gasteiger partial charge in [0.1, 0.15) is 12.7 Å². The molecular formula is C8H10F4O4. The van der Waals surface area contributed by atoms with Crippen LogP contribution in [-0.4, -0.2) is 42.9 Å². The van der Waals surface area contributed by atoms with Crippen molar-refractivity contribution in [1.82, 2.24) is 0 Å². The molecule has 4 nitrogen and oxygen atoms in total. The first-order valence-electron chi connectivity index (χ1n) is 4.06. The van der Waals surface area contributed by atoms with Crippen molar-refractivity contribution in [3.8, 4) is 0 Å². The molecule has 1 N–H and O–H groups in total.